The van der Waals surface area contributed by atoms with E-state index in [4.69, 9.17) is 10.2 Å². The van der Waals surface area contributed by atoms with E-state index in [0.29, 0.717) is 23.0 Å². The van der Waals surface area contributed by atoms with Gasteiger partial charge in [0.1, 0.15) is 5.82 Å². The molecule has 0 spiro atoms. The molecule has 80 valence electrons. The molecule has 0 aliphatic carbocycles. The van der Waals surface area contributed by atoms with Crippen molar-refractivity contribution in [3.8, 4) is 11.6 Å². The van der Waals surface area contributed by atoms with E-state index >= 15 is 0 Å². The monoisotopic (exact) mass is 215 g/mol. The molecule has 0 aliphatic rings. The molecule has 0 saturated carbocycles. The van der Waals surface area contributed by atoms with Crippen molar-refractivity contribution < 1.29 is 4.42 Å². The van der Waals surface area contributed by atoms with Crippen LogP contribution in [0.3, 0.4) is 0 Å². The summed E-state index contributed by atoms with van der Waals surface area (Å²) in [6, 6.07) is 3.59. The number of nitrogen functional groups attached to an aromatic ring is 1. The summed E-state index contributed by atoms with van der Waals surface area (Å²) in [7, 11) is 0. The zero-order valence-corrected chi connectivity index (χ0v) is 8.56. The lowest BCUT2D eigenvalue weighted by Gasteiger charge is -1.99. The molecule has 3 heterocycles. The Labute approximate surface area is 90.5 Å². The van der Waals surface area contributed by atoms with Crippen LogP contribution in [0.4, 0.5) is 5.82 Å². The highest BCUT2D eigenvalue weighted by Gasteiger charge is 2.12. The molecular formula is C10H9N5O. The molecule has 6 nitrogen and oxygen atoms in total. The molecule has 6 heteroatoms. The summed E-state index contributed by atoms with van der Waals surface area (Å²) < 4.78 is 5.24. The van der Waals surface area contributed by atoms with E-state index < -0.39 is 0 Å². The smallest absolute Gasteiger partial charge is 0.198 e. The van der Waals surface area contributed by atoms with Crippen LogP contribution in [0.15, 0.2) is 22.8 Å². The molecule has 0 aromatic carbocycles. The van der Waals surface area contributed by atoms with E-state index in [1.165, 1.54) is 0 Å². The second-order valence-electron chi connectivity index (χ2n) is 3.45. The minimum absolute atomic E-state index is 0.485. The van der Waals surface area contributed by atoms with Gasteiger partial charge in [-0.15, -0.1) is 0 Å². The summed E-state index contributed by atoms with van der Waals surface area (Å²) in [4.78, 5) is 8.60. The molecule has 0 bridgehead atoms. The molecule has 3 rings (SSSR count). The number of nitrogens with one attached hydrogen (secondary N) is 1. The number of hydrogen-bond acceptors (Lipinski definition) is 5. The van der Waals surface area contributed by atoms with Crippen LogP contribution in [0.1, 0.15) is 5.69 Å². The first kappa shape index (κ1) is 8.90. The highest BCUT2D eigenvalue weighted by molar-refractivity contribution is 5.88. The number of anilines is 1. The summed E-state index contributed by atoms with van der Waals surface area (Å²) in [5.74, 6) is 1.62. The zero-order valence-electron chi connectivity index (χ0n) is 8.56. The van der Waals surface area contributed by atoms with Crippen molar-refractivity contribution in [2.75, 3.05) is 5.73 Å². The molecule has 0 aliphatic heterocycles. The van der Waals surface area contributed by atoms with E-state index in [0.717, 1.165) is 11.1 Å². The van der Waals surface area contributed by atoms with Gasteiger partial charge < -0.3 is 10.2 Å². The Balaban J connectivity index is 2.30. The van der Waals surface area contributed by atoms with Crippen LogP contribution in [0.2, 0.25) is 0 Å². The van der Waals surface area contributed by atoms with Crippen LogP contribution in [0.25, 0.3) is 22.6 Å². The molecule has 3 N–H and O–H groups in total. The van der Waals surface area contributed by atoms with E-state index in [-0.39, 0.29) is 0 Å². The summed E-state index contributed by atoms with van der Waals surface area (Å²) in [6.45, 7) is 1.86. The van der Waals surface area contributed by atoms with E-state index in [9.17, 15) is 0 Å². The summed E-state index contributed by atoms with van der Waals surface area (Å²) >= 11 is 0. The lowest BCUT2D eigenvalue weighted by atomic mass is 10.3. The van der Waals surface area contributed by atoms with Crippen LogP contribution in [-0.4, -0.2) is 20.2 Å². The summed E-state index contributed by atoms with van der Waals surface area (Å²) in [5, 5.41) is 7.45. The van der Waals surface area contributed by atoms with Gasteiger partial charge in [-0.05, 0) is 19.1 Å². The average Bonchev–Trinajstić information content (AvgIpc) is 2.87. The van der Waals surface area contributed by atoms with Crippen molar-refractivity contribution in [3.05, 3.63) is 24.1 Å². The fraction of sp³-hybridized carbons (Fsp3) is 0.100. The Hall–Kier alpha value is -2.37. The van der Waals surface area contributed by atoms with Gasteiger partial charge in [0.2, 0.25) is 0 Å². The van der Waals surface area contributed by atoms with Crippen LogP contribution in [0, 0.1) is 6.92 Å². The molecule has 3 aromatic heterocycles. The number of nitrogens with zero attached hydrogens (tertiary/aromatic N) is 3. The van der Waals surface area contributed by atoms with Gasteiger partial charge in [-0.2, -0.15) is 5.10 Å². The Bertz CT molecular complexity index is 641. The first-order chi connectivity index (χ1) is 7.75. The van der Waals surface area contributed by atoms with E-state index in [1.807, 2.05) is 6.92 Å². The summed E-state index contributed by atoms with van der Waals surface area (Å²) in [5.41, 5.74) is 7.06. The minimum Gasteiger partial charge on any atom is -0.461 e. The highest BCUT2D eigenvalue weighted by atomic mass is 16.3. The lowest BCUT2D eigenvalue weighted by molar-refractivity contribution is 0.577. The van der Waals surface area contributed by atoms with Crippen molar-refractivity contribution in [1.82, 2.24) is 20.2 Å². The Morgan fingerprint density at radius 2 is 2.25 bits per heavy atom. The number of hydrogen-bond donors (Lipinski definition) is 2. The van der Waals surface area contributed by atoms with Gasteiger partial charge in [0.15, 0.2) is 17.2 Å². The van der Waals surface area contributed by atoms with E-state index in [2.05, 4.69) is 20.2 Å². The molecular weight excluding hydrogens is 206 g/mol. The largest absolute Gasteiger partial charge is 0.461 e. The van der Waals surface area contributed by atoms with Gasteiger partial charge >= 0.3 is 0 Å². The SMILES string of the molecule is Cc1nc(-c2ccco2)nc2n[nH]c(N)c12. The van der Waals surface area contributed by atoms with Crippen molar-refractivity contribution in [2.24, 2.45) is 0 Å². The van der Waals surface area contributed by atoms with Crippen LogP contribution < -0.4 is 5.73 Å². The third-order valence-electron chi connectivity index (χ3n) is 2.36. The van der Waals surface area contributed by atoms with E-state index in [1.54, 1.807) is 18.4 Å². The molecule has 0 fully saturated rings. The van der Waals surface area contributed by atoms with Crippen LogP contribution in [-0.2, 0) is 0 Å². The molecule has 0 amide bonds. The highest BCUT2D eigenvalue weighted by Crippen LogP contribution is 2.23. The van der Waals surface area contributed by atoms with Crippen molar-refractivity contribution in [3.63, 3.8) is 0 Å². The second kappa shape index (κ2) is 3.06. The number of rotatable bonds is 1. The fourth-order valence-corrected chi connectivity index (χ4v) is 1.64. The topological polar surface area (TPSA) is 93.6 Å². The van der Waals surface area contributed by atoms with Gasteiger partial charge in [-0.25, -0.2) is 9.97 Å². The van der Waals surface area contributed by atoms with Crippen LogP contribution in [0.5, 0.6) is 0 Å². The maximum Gasteiger partial charge on any atom is 0.198 e. The third-order valence-corrected chi connectivity index (χ3v) is 2.36. The van der Waals surface area contributed by atoms with Crippen LogP contribution >= 0.6 is 0 Å². The molecule has 16 heavy (non-hydrogen) atoms. The quantitative estimate of drug-likeness (QED) is 0.641. The number of furan rings is 1. The molecule has 0 unspecified atom stereocenters. The molecule has 0 atom stereocenters. The minimum atomic E-state index is 0.485. The number of H-pyrrole nitrogens is 1. The standard InChI is InChI=1S/C10H9N5O/c1-5-7-8(11)14-15-10(7)13-9(12-5)6-3-2-4-16-6/h2-4H,1H3,(H3,11,12,13,14,15). The lowest BCUT2D eigenvalue weighted by Crippen LogP contribution is -1.93. The fourth-order valence-electron chi connectivity index (χ4n) is 1.64. The van der Waals surface area contributed by atoms with Crippen molar-refractivity contribution >= 4 is 16.9 Å². The van der Waals surface area contributed by atoms with Crippen molar-refractivity contribution in [1.29, 1.82) is 0 Å². The van der Waals surface area contributed by atoms with Gasteiger partial charge in [-0.1, -0.05) is 0 Å². The predicted molar refractivity (Wildman–Crippen MR) is 58.5 cm³/mol. The summed E-state index contributed by atoms with van der Waals surface area (Å²) in [6.07, 6.45) is 1.58. The first-order valence-corrected chi connectivity index (χ1v) is 4.78. The maximum absolute atomic E-state index is 5.72. The second-order valence-corrected chi connectivity index (χ2v) is 3.45. The van der Waals surface area contributed by atoms with Gasteiger partial charge in [0.25, 0.3) is 0 Å². The zero-order chi connectivity index (χ0) is 11.1. The molecule has 0 radical (unpaired) electrons. The number of nitrogens with two attached hydrogens (primary N) is 1. The number of aryl methyl sites for hydroxylation is 1. The normalized spacial score (nSPS) is 11.1. The predicted octanol–water partition coefficient (Wildman–Crippen LogP) is 1.50. The third kappa shape index (κ3) is 1.16. The number of aromatic nitrogens is 4. The Kier molecular flexibility index (Phi) is 1.70. The Morgan fingerprint density at radius 3 is 3.00 bits per heavy atom. The van der Waals surface area contributed by atoms with Gasteiger partial charge in [-0.3, -0.25) is 5.10 Å². The number of fused-ring (bicyclic) bond motifs is 1. The number of aromatic amines is 1. The van der Waals surface area contributed by atoms with Gasteiger partial charge in [0, 0.05) is 0 Å². The Morgan fingerprint density at radius 1 is 1.38 bits per heavy atom. The van der Waals surface area contributed by atoms with Gasteiger partial charge in [0.05, 0.1) is 17.3 Å². The van der Waals surface area contributed by atoms with Crippen molar-refractivity contribution in [2.45, 2.75) is 6.92 Å². The molecule has 0 saturated heterocycles. The molecule has 3 aromatic rings. The first-order valence-electron chi connectivity index (χ1n) is 4.78. The average molecular weight is 215 g/mol. The maximum atomic E-state index is 5.72.